The minimum Gasteiger partial charge on any atom is -0.361 e. The predicted octanol–water partition coefficient (Wildman–Crippen LogP) is 2.92. The van der Waals surface area contributed by atoms with Gasteiger partial charge in [-0.15, -0.1) is 0 Å². The first-order valence-electron chi connectivity index (χ1n) is 9.00. The average Bonchev–Trinajstić information content (AvgIpc) is 3.23. The lowest BCUT2D eigenvalue weighted by Crippen LogP contribution is -2.31. The number of aryl methyl sites for hydroxylation is 2. The maximum absolute atomic E-state index is 12.6. The minimum atomic E-state index is 0.116. The van der Waals surface area contributed by atoms with E-state index in [-0.39, 0.29) is 11.3 Å². The van der Waals surface area contributed by atoms with Crippen molar-refractivity contribution in [3.8, 4) is 0 Å². The first-order valence-corrected chi connectivity index (χ1v) is 9.00. The molecule has 2 fully saturated rings. The molecule has 1 amide bonds. The van der Waals surface area contributed by atoms with E-state index in [1.165, 1.54) is 5.56 Å². The van der Waals surface area contributed by atoms with Crippen molar-refractivity contribution in [2.24, 2.45) is 5.41 Å². The smallest absolute Gasteiger partial charge is 0.223 e. The van der Waals surface area contributed by atoms with E-state index in [1.54, 1.807) is 0 Å². The Morgan fingerprint density at radius 2 is 1.96 bits per heavy atom. The van der Waals surface area contributed by atoms with Crippen LogP contribution in [0.2, 0.25) is 0 Å². The molecule has 2 aliphatic heterocycles. The standard InChI is InChI=1S/C20H25N3O2/c1-15-18(16(2)25-21-15)12-23-14-20(10-19(23)24)8-9-22(13-20)11-17-6-4-3-5-7-17/h3-7H,8-14H2,1-2H3/t20-/m1/s1. The van der Waals surface area contributed by atoms with Crippen molar-refractivity contribution in [1.82, 2.24) is 15.0 Å². The quantitative estimate of drug-likeness (QED) is 0.859. The van der Waals surface area contributed by atoms with Gasteiger partial charge in [-0.2, -0.15) is 0 Å². The first kappa shape index (κ1) is 16.3. The van der Waals surface area contributed by atoms with Gasteiger partial charge in [0.1, 0.15) is 5.76 Å². The van der Waals surface area contributed by atoms with Crippen LogP contribution in [0.1, 0.15) is 35.4 Å². The second-order valence-electron chi connectivity index (χ2n) is 7.68. The molecule has 0 N–H and O–H groups in total. The molecule has 3 heterocycles. The van der Waals surface area contributed by atoms with Gasteiger partial charge in [-0.25, -0.2) is 0 Å². The molecule has 4 rings (SSSR count). The molecule has 5 nitrogen and oxygen atoms in total. The zero-order valence-corrected chi connectivity index (χ0v) is 15.0. The minimum absolute atomic E-state index is 0.116. The molecule has 5 heteroatoms. The average molecular weight is 339 g/mol. The van der Waals surface area contributed by atoms with Gasteiger partial charge in [0.25, 0.3) is 0 Å². The Morgan fingerprint density at radius 1 is 1.16 bits per heavy atom. The van der Waals surface area contributed by atoms with Crippen molar-refractivity contribution in [3.63, 3.8) is 0 Å². The van der Waals surface area contributed by atoms with Crippen molar-refractivity contribution in [2.45, 2.75) is 39.8 Å². The third-order valence-electron chi connectivity index (χ3n) is 5.70. The second kappa shape index (κ2) is 6.30. The summed E-state index contributed by atoms with van der Waals surface area (Å²) in [6.07, 6.45) is 1.77. The first-order chi connectivity index (χ1) is 12.0. The van der Waals surface area contributed by atoms with E-state index < -0.39 is 0 Å². The van der Waals surface area contributed by atoms with Gasteiger partial charge in [0.2, 0.25) is 5.91 Å². The van der Waals surface area contributed by atoms with E-state index in [1.807, 2.05) is 18.7 Å². The summed E-state index contributed by atoms with van der Waals surface area (Å²) in [4.78, 5) is 17.1. The summed E-state index contributed by atoms with van der Waals surface area (Å²) in [5.74, 6) is 1.09. The van der Waals surface area contributed by atoms with Crippen LogP contribution in [0.25, 0.3) is 0 Å². The maximum Gasteiger partial charge on any atom is 0.223 e. The monoisotopic (exact) mass is 339 g/mol. The molecule has 2 aliphatic rings. The fraction of sp³-hybridized carbons (Fsp3) is 0.500. The molecule has 132 valence electrons. The Labute approximate surface area is 148 Å². The van der Waals surface area contributed by atoms with Crippen LogP contribution >= 0.6 is 0 Å². The summed E-state index contributed by atoms with van der Waals surface area (Å²) in [5.41, 5.74) is 3.41. The van der Waals surface area contributed by atoms with Crippen LogP contribution in [-0.2, 0) is 17.9 Å². The van der Waals surface area contributed by atoms with Crippen LogP contribution in [0, 0.1) is 19.3 Å². The fourth-order valence-corrected chi connectivity index (χ4v) is 4.32. The summed E-state index contributed by atoms with van der Waals surface area (Å²) in [5, 5.41) is 4.01. The highest BCUT2D eigenvalue weighted by molar-refractivity contribution is 5.79. The van der Waals surface area contributed by atoms with Crippen molar-refractivity contribution >= 4 is 5.91 Å². The summed E-state index contributed by atoms with van der Waals surface area (Å²) < 4.78 is 5.25. The number of carbonyl (C=O) groups is 1. The van der Waals surface area contributed by atoms with Gasteiger partial charge in [0, 0.05) is 37.0 Å². The summed E-state index contributed by atoms with van der Waals surface area (Å²) >= 11 is 0. The predicted molar refractivity (Wildman–Crippen MR) is 94.8 cm³/mol. The third-order valence-corrected chi connectivity index (χ3v) is 5.70. The van der Waals surface area contributed by atoms with Crippen LogP contribution < -0.4 is 0 Å². The number of likely N-dealkylation sites (tertiary alicyclic amines) is 2. The Morgan fingerprint density at radius 3 is 2.68 bits per heavy atom. The van der Waals surface area contributed by atoms with Gasteiger partial charge < -0.3 is 9.42 Å². The molecule has 1 aromatic heterocycles. The van der Waals surface area contributed by atoms with Gasteiger partial charge >= 0.3 is 0 Å². The summed E-state index contributed by atoms with van der Waals surface area (Å²) in [6, 6.07) is 10.6. The van der Waals surface area contributed by atoms with E-state index in [2.05, 4.69) is 40.4 Å². The van der Waals surface area contributed by atoms with Gasteiger partial charge in [0.05, 0.1) is 12.2 Å². The van der Waals surface area contributed by atoms with Crippen molar-refractivity contribution in [3.05, 3.63) is 52.9 Å². The Kier molecular flexibility index (Phi) is 4.12. The zero-order chi connectivity index (χ0) is 17.4. The molecule has 0 saturated carbocycles. The highest BCUT2D eigenvalue weighted by atomic mass is 16.5. The van der Waals surface area contributed by atoms with Crippen molar-refractivity contribution < 1.29 is 9.32 Å². The molecule has 2 saturated heterocycles. The number of hydrogen-bond acceptors (Lipinski definition) is 4. The van der Waals surface area contributed by atoms with Crippen LogP contribution in [0.15, 0.2) is 34.9 Å². The lowest BCUT2D eigenvalue weighted by atomic mass is 9.86. The van der Waals surface area contributed by atoms with Gasteiger partial charge in [-0.3, -0.25) is 9.69 Å². The normalized spacial score (nSPS) is 23.9. The SMILES string of the molecule is Cc1noc(C)c1CN1C[C@]2(CCN(Cc3ccccc3)C2)CC1=O. The maximum atomic E-state index is 12.6. The van der Waals surface area contributed by atoms with E-state index in [9.17, 15) is 4.79 Å². The summed E-state index contributed by atoms with van der Waals surface area (Å²) in [6.45, 7) is 8.39. The Bertz CT molecular complexity index is 751. The fourth-order valence-electron chi connectivity index (χ4n) is 4.32. The van der Waals surface area contributed by atoms with Crippen LogP contribution in [0.4, 0.5) is 0 Å². The van der Waals surface area contributed by atoms with E-state index >= 15 is 0 Å². The topological polar surface area (TPSA) is 49.6 Å². The van der Waals surface area contributed by atoms with Gasteiger partial charge in [-0.1, -0.05) is 35.5 Å². The van der Waals surface area contributed by atoms with Crippen LogP contribution in [0.5, 0.6) is 0 Å². The molecule has 0 radical (unpaired) electrons. The lowest BCUT2D eigenvalue weighted by molar-refractivity contribution is -0.128. The van der Waals surface area contributed by atoms with E-state index in [0.29, 0.717) is 13.0 Å². The number of aromatic nitrogens is 1. The van der Waals surface area contributed by atoms with Crippen LogP contribution in [-0.4, -0.2) is 40.5 Å². The molecule has 1 atom stereocenters. The molecule has 0 bridgehead atoms. The molecule has 0 unspecified atom stereocenters. The molecule has 25 heavy (non-hydrogen) atoms. The van der Waals surface area contributed by atoms with Crippen molar-refractivity contribution in [2.75, 3.05) is 19.6 Å². The number of rotatable bonds is 4. The van der Waals surface area contributed by atoms with Crippen LogP contribution in [0.3, 0.4) is 0 Å². The molecule has 1 aromatic carbocycles. The van der Waals surface area contributed by atoms with Crippen molar-refractivity contribution in [1.29, 1.82) is 0 Å². The highest BCUT2D eigenvalue weighted by Gasteiger charge is 2.47. The lowest BCUT2D eigenvalue weighted by Gasteiger charge is -2.24. The molecule has 1 spiro atoms. The van der Waals surface area contributed by atoms with E-state index in [0.717, 1.165) is 49.6 Å². The zero-order valence-electron chi connectivity index (χ0n) is 15.0. The molecular formula is C20H25N3O2. The Balaban J connectivity index is 1.42. The number of hydrogen-bond donors (Lipinski definition) is 0. The summed E-state index contributed by atoms with van der Waals surface area (Å²) in [7, 11) is 0. The number of benzene rings is 1. The van der Waals surface area contributed by atoms with Gasteiger partial charge in [-0.05, 0) is 32.4 Å². The Hall–Kier alpha value is -2.14. The number of nitrogens with zero attached hydrogens (tertiary/aromatic N) is 3. The second-order valence-corrected chi connectivity index (χ2v) is 7.68. The third kappa shape index (κ3) is 3.21. The number of amides is 1. The number of carbonyl (C=O) groups excluding carboxylic acids is 1. The molecule has 2 aromatic rings. The highest BCUT2D eigenvalue weighted by Crippen LogP contribution is 2.41. The van der Waals surface area contributed by atoms with E-state index in [4.69, 9.17) is 4.52 Å². The molecular weight excluding hydrogens is 314 g/mol. The van der Waals surface area contributed by atoms with Gasteiger partial charge in [0.15, 0.2) is 0 Å². The molecule has 0 aliphatic carbocycles. The largest absolute Gasteiger partial charge is 0.361 e.